The number of halogens is 1. The van der Waals surface area contributed by atoms with Crippen molar-refractivity contribution in [2.45, 2.75) is 17.9 Å². The van der Waals surface area contributed by atoms with E-state index >= 15 is 0 Å². The smallest absolute Gasteiger partial charge is 0.243 e. The maximum atomic E-state index is 12.4. The first kappa shape index (κ1) is 15.9. The Morgan fingerprint density at radius 3 is 2.53 bits per heavy atom. The molecule has 0 radical (unpaired) electrons. The van der Waals surface area contributed by atoms with Crippen molar-refractivity contribution in [2.24, 2.45) is 0 Å². The van der Waals surface area contributed by atoms with Gasteiger partial charge >= 0.3 is 0 Å². The Hall–Kier alpha value is -1.13. The fourth-order valence-corrected chi connectivity index (χ4v) is 3.65. The third-order valence-electron chi connectivity index (χ3n) is 3.03. The second kappa shape index (κ2) is 6.35. The monoisotopic (exact) mass is 301 g/mol. The Morgan fingerprint density at radius 2 is 2.00 bits per heavy atom. The Kier molecular flexibility index (Phi) is 5.32. The summed E-state index contributed by atoms with van der Waals surface area (Å²) in [7, 11) is -3.45. The van der Waals surface area contributed by atoms with E-state index in [4.69, 9.17) is 5.26 Å². The number of piperazine rings is 1. The summed E-state index contributed by atoms with van der Waals surface area (Å²) in [6.45, 7) is 3.69. The number of nitriles is 1. The zero-order valence-corrected chi connectivity index (χ0v) is 12.2. The van der Waals surface area contributed by atoms with Crippen LogP contribution in [-0.2, 0) is 10.0 Å². The van der Waals surface area contributed by atoms with E-state index < -0.39 is 10.0 Å². The van der Waals surface area contributed by atoms with Crippen LogP contribution in [0.25, 0.3) is 0 Å². The van der Waals surface area contributed by atoms with Crippen molar-refractivity contribution in [1.82, 2.24) is 9.62 Å². The van der Waals surface area contributed by atoms with Gasteiger partial charge < -0.3 is 5.32 Å². The van der Waals surface area contributed by atoms with Crippen molar-refractivity contribution in [3.8, 4) is 6.07 Å². The summed E-state index contributed by atoms with van der Waals surface area (Å²) >= 11 is 0. The number of nitrogens with zero attached hydrogens (tertiary/aromatic N) is 2. The lowest BCUT2D eigenvalue weighted by atomic mass is 10.2. The molecule has 1 N–H and O–H groups in total. The molecule has 1 fully saturated rings. The van der Waals surface area contributed by atoms with Crippen LogP contribution in [0, 0.1) is 11.3 Å². The minimum atomic E-state index is -3.45. The molecule has 1 aromatic carbocycles. The average Bonchev–Trinajstić information content (AvgIpc) is 2.39. The van der Waals surface area contributed by atoms with Gasteiger partial charge in [0.25, 0.3) is 0 Å². The largest absolute Gasteiger partial charge is 0.314 e. The highest BCUT2D eigenvalue weighted by molar-refractivity contribution is 7.89. The normalized spacial score (nSPS) is 20.3. The third-order valence-corrected chi connectivity index (χ3v) is 5.06. The third kappa shape index (κ3) is 3.25. The molecule has 1 saturated heterocycles. The summed E-state index contributed by atoms with van der Waals surface area (Å²) in [6.07, 6.45) is 0. The molecule has 0 bridgehead atoms. The maximum Gasteiger partial charge on any atom is 0.243 e. The molecule has 5 nitrogen and oxygen atoms in total. The van der Waals surface area contributed by atoms with Crippen LogP contribution in [0.15, 0.2) is 29.2 Å². The Balaban J connectivity index is 0.00000180. The highest BCUT2D eigenvalue weighted by Crippen LogP contribution is 2.19. The van der Waals surface area contributed by atoms with E-state index in [1.807, 2.05) is 13.0 Å². The number of rotatable bonds is 2. The molecule has 19 heavy (non-hydrogen) atoms. The zero-order valence-electron chi connectivity index (χ0n) is 10.5. The van der Waals surface area contributed by atoms with Crippen LogP contribution in [-0.4, -0.2) is 38.4 Å². The van der Waals surface area contributed by atoms with Gasteiger partial charge in [0.15, 0.2) is 0 Å². The lowest BCUT2D eigenvalue weighted by Crippen LogP contribution is -2.52. The fourth-order valence-electron chi connectivity index (χ4n) is 2.02. The molecule has 104 valence electrons. The molecule has 0 aliphatic carbocycles. The molecule has 1 aliphatic heterocycles. The highest BCUT2D eigenvalue weighted by atomic mass is 35.5. The van der Waals surface area contributed by atoms with Gasteiger partial charge in [0.1, 0.15) is 0 Å². The molecule has 1 aromatic rings. The summed E-state index contributed by atoms with van der Waals surface area (Å²) in [6, 6.07) is 7.95. The molecular formula is C12H16ClN3O2S. The van der Waals surface area contributed by atoms with E-state index in [-0.39, 0.29) is 23.3 Å². The first-order valence-electron chi connectivity index (χ1n) is 5.78. The van der Waals surface area contributed by atoms with Gasteiger partial charge in [0.05, 0.1) is 16.5 Å². The Bertz CT molecular complexity index is 566. The van der Waals surface area contributed by atoms with Gasteiger partial charge in [-0.25, -0.2) is 8.42 Å². The molecule has 7 heteroatoms. The van der Waals surface area contributed by atoms with Crippen molar-refractivity contribution in [2.75, 3.05) is 19.6 Å². The van der Waals surface area contributed by atoms with Crippen LogP contribution in [0.3, 0.4) is 0 Å². The van der Waals surface area contributed by atoms with Crippen LogP contribution >= 0.6 is 12.4 Å². The molecule has 1 aliphatic rings. The van der Waals surface area contributed by atoms with E-state index in [0.29, 0.717) is 25.2 Å². The maximum absolute atomic E-state index is 12.4. The first-order chi connectivity index (χ1) is 8.55. The predicted molar refractivity (Wildman–Crippen MR) is 74.6 cm³/mol. The summed E-state index contributed by atoms with van der Waals surface area (Å²) in [4.78, 5) is 0.246. The lowest BCUT2D eigenvalue weighted by Gasteiger charge is -2.32. The quantitative estimate of drug-likeness (QED) is 0.883. The van der Waals surface area contributed by atoms with Crippen molar-refractivity contribution in [3.63, 3.8) is 0 Å². The van der Waals surface area contributed by atoms with E-state index in [2.05, 4.69) is 5.32 Å². The molecule has 0 saturated carbocycles. The van der Waals surface area contributed by atoms with Crippen LogP contribution in [0.1, 0.15) is 12.5 Å². The number of benzene rings is 1. The van der Waals surface area contributed by atoms with Gasteiger partial charge in [-0.15, -0.1) is 12.4 Å². The van der Waals surface area contributed by atoms with Gasteiger partial charge in [0, 0.05) is 25.7 Å². The fraction of sp³-hybridized carbons (Fsp3) is 0.417. The lowest BCUT2D eigenvalue weighted by molar-refractivity contribution is 0.284. The summed E-state index contributed by atoms with van der Waals surface area (Å²) in [5.74, 6) is 0. The standard InChI is InChI=1S/C12H15N3O2S.ClH/c1-10-9-14-6-7-15(10)18(16,17)12-4-2-11(8-13)3-5-12;/h2-5,10,14H,6-7,9H2,1H3;1H. The number of sulfonamides is 1. The molecule has 1 atom stereocenters. The second-order valence-corrected chi connectivity index (χ2v) is 6.20. The van der Waals surface area contributed by atoms with Crippen molar-refractivity contribution in [3.05, 3.63) is 29.8 Å². The minimum Gasteiger partial charge on any atom is -0.314 e. The molecular weight excluding hydrogens is 286 g/mol. The van der Waals surface area contributed by atoms with E-state index in [9.17, 15) is 8.42 Å². The van der Waals surface area contributed by atoms with Crippen LogP contribution < -0.4 is 5.32 Å². The predicted octanol–water partition coefficient (Wildman–Crippen LogP) is 0.962. The average molecular weight is 302 g/mol. The van der Waals surface area contributed by atoms with Crippen LogP contribution in [0.4, 0.5) is 0 Å². The Morgan fingerprint density at radius 1 is 1.37 bits per heavy atom. The summed E-state index contributed by atoms with van der Waals surface area (Å²) < 4.78 is 26.3. The highest BCUT2D eigenvalue weighted by Gasteiger charge is 2.30. The van der Waals surface area contributed by atoms with Crippen molar-refractivity contribution in [1.29, 1.82) is 5.26 Å². The zero-order chi connectivity index (χ0) is 13.2. The molecule has 1 unspecified atom stereocenters. The van der Waals surface area contributed by atoms with Crippen molar-refractivity contribution < 1.29 is 8.42 Å². The van der Waals surface area contributed by atoms with Gasteiger partial charge in [-0.2, -0.15) is 9.57 Å². The number of nitrogens with one attached hydrogen (secondary N) is 1. The summed E-state index contributed by atoms with van der Waals surface area (Å²) in [5, 5.41) is 11.9. The molecule has 0 amide bonds. The van der Waals surface area contributed by atoms with Gasteiger partial charge in [-0.3, -0.25) is 0 Å². The van der Waals surface area contributed by atoms with E-state index in [0.717, 1.165) is 0 Å². The SMILES string of the molecule is CC1CNCCN1S(=O)(=O)c1ccc(C#N)cc1.Cl. The van der Waals surface area contributed by atoms with Crippen LogP contribution in [0.2, 0.25) is 0 Å². The first-order valence-corrected chi connectivity index (χ1v) is 7.22. The van der Waals surface area contributed by atoms with Gasteiger partial charge in [0.2, 0.25) is 10.0 Å². The summed E-state index contributed by atoms with van der Waals surface area (Å²) in [5.41, 5.74) is 0.460. The number of hydrogen-bond donors (Lipinski definition) is 1. The molecule has 0 spiro atoms. The topological polar surface area (TPSA) is 73.2 Å². The number of hydrogen-bond acceptors (Lipinski definition) is 4. The Labute approximate surface area is 119 Å². The van der Waals surface area contributed by atoms with E-state index in [1.54, 1.807) is 0 Å². The molecule has 1 heterocycles. The van der Waals surface area contributed by atoms with Gasteiger partial charge in [-0.05, 0) is 31.2 Å². The minimum absolute atomic E-state index is 0. The molecule has 0 aromatic heterocycles. The second-order valence-electron chi connectivity index (χ2n) is 4.31. The van der Waals surface area contributed by atoms with Crippen LogP contribution in [0.5, 0.6) is 0 Å². The van der Waals surface area contributed by atoms with Crippen molar-refractivity contribution >= 4 is 22.4 Å². The molecule has 2 rings (SSSR count). The van der Waals surface area contributed by atoms with Gasteiger partial charge in [-0.1, -0.05) is 0 Å². The van der Waals surface area contributed by atoms with E-state index in [1.165, 1.54) is 28.6 Å².